The fourth-order valence-corrected chi connectivity index (χ4v) is 4.30. The van der Waals surface area contributed by atoms with Crippen LogP contribution in [0.15, 0.2) is 36.5 Å². The van der Waals surface area contributed by atoms with Crippen molar-refractivity contribution in [1.29, 1.82) is 0 Å². The number of carbonyl (C=O) groups excluding carboxylic acids is 1. The molecule has 0 saturated heterocycles. The molecule has 25 heavy (non-hydrogen) atoms. The summed E-state index contributed by atoms with van der Waals surface area (Å²) in [4.78, 5) is 17.0. The van der Waals surface area contributed by atoms with Gasteiger partial charge in [0.2, 0.25) is 5.67 Å². The second-order valence-corrected chi connectivity index (χ2v) is 7.80. The third kappa shape index (κ3) is 3.64. The highest BCUT2D eigenvalue weighted by atomic mass is 35.5. The van der Waals surface area contributed by atoms with E-state index in [1.165, 1.54) is 0 Å². The lowest BCUT2D eigenvalue weighted by atomic mass is 9.82. The van der Waals surface area contributed by atoms with Crippen molar-refractivity contribution in [1.82, 2.24) is 10.3 Å². The Balaban J connectivity index is 1.81. The number of amides is 1. The van der Waals surface area contributed by atoms with E-state index in [2.05, 4.69) is 10.3 Å². The number of fused-ring (bicyclic) bond motifs is 1. The van der Waals surface area contributed by atoms with Crippen LogP contribution in [0.2, 0.25) is 10.0 Å². The number of rotatable bonds is 4. The third-order valence-electron chi connectivity index (χ3n) is 4.42. The number of nitrogens with zero attached hydrogens (tertiary/aromatic N) is 1. The molecule has 0 radical (unpaired) electrons. The van der Waals surface area contributed by atoms with Gasteiger partial charge in [-0.1, -0.05) is 35.3 Å². The van der Waals surface area contributed by atoms with Gasteiger partial charge in [0.15, 0.2) is 0 Å². The zero-order valence-electron chi connectivity index (χ0n) is 13.6. The average molecular weight is 399 g/mol. The average Bonchev–Trinajstić information content (AvgIpc) is 2.61. The molecule has 0 fully saturated rings. The van der Waals surface area contributed by atoms with Crippen molar-refractivity contribution >= 4 is 40.9 Å². The molecular formula is C18H17Cl2FN2OS. The lowest BCUT2D eigenvalue weighted by molar-refractivity contribution is -0.134. The van der Waals surface area contributed by atoms with Gasteiger partial charge in [0, 0.05) is 33.6 Å². The molecule has 1 aliphatic carbocycles. The number of halogens is 3. The van der Waals surface area contributed by atoms with E-state index < -0.39 is 11.6 Å². The Morgan fingerprint density at radius 3 is 2.96 bits per heavy atom. The van der Waals surface area contributed by atoms with Crippen LogP contribution in [-0.4, -0.2) is 17.1 Å². The number of hydrogen-bond acceptors (Lipinski definition) is 3. The smallest absolute Gasteiger partial charge is 0.262 e. The highest BCUT2D eigenvalue weighted by Crippen LogP contribution is 2.46. The molecule has 132 valence electrons. The van der Waals surface area contributed by atoms with E-state index in [0.29, 0.717) is 33.3 Å². The first kappa shape index (κ1) is 18.5. The van der Waals surface area contributed by atoms with E-state index in [1.807, 2.05) is 6.26 Å². The van der Waals surface area contributed by atoms with Crippen molar-refractivity contribution in [3.05, 3.63) is 63.4 Å². The highest BCUT2D eigenvalue weighted by molar-refractivity contribution is 7.98. The van der Waals surface area contributed by atoms with Crippen LogP contribution in [-0.2, 0) is 17.0 Å². The maximum absolute atomic E-state index is 15.6. The molecule has 3 rings (SSSR count). The minimum absolute atomic E-state index is 0.110. The minimum Gasteiger partial charge on any atom is -0.349 e. The van der Waals surface area contributed by atoms with Crippen molar-refractivity contribution in [3.63, 3.8) is 0 Å². The molecule has 2 atom stereocenters. The minimum atomic E-state index is -2.07. The number of aromatic nitrogens is 1. The third-order valence-corrected chi connectivity index (χ3v) is 6.04. The van der Waals surface area contributed by atoms with Gasteiger partial charge >= 0.3 is 0 Å². The topological polar surface area (TPSA) is 42.0 Å². The van der Waals surface area contributed by atoms with Crippen LogP contribution in [0.1, 0.15) is 34.9 Å². The van der Waals surface area contributed by atoms with Crippen molar-refractivity contribution in [3.8, 4) is 0 Å². The standard InChI is InChI=1S/C18H17Cl2FN2OS/c1-25-15-6-7-18(21,13-3-2-8-22-16(13)15)17(24)23-10-11-4-5-12(19)9-14(11)20/h2-5,8-9,15H,6-7,10H2,1H3,(H,23,24)/t15?,18-/m0/s1. The van der Waals surface area contributed by atoms with Gasteiger partial charge in [-0.2, -0.15) is 11.8 Å². The number of benzene rings is 1. The van der Waals surface area contributed by atoms with Crippen molar-refractivity contribution in [2.24, 2.45) is 0 Å². The summed E-state index contributed by atoms with van der Waals surface area (Å²) in [7, 11) is 0. The number of pyridine rings is 1. The second-order valence-electron chi connectivity index (χ2n) is 5.92. The Bertz CT molecular complexity index is 804. The Hall–Kier alpha value is -1.30. The number of nitrogens with one attached hydrogen (secondary N) is 1. The molecule has 0 aliphatic heterocycles. The Morgan fingerprint density at radius 2 is 2.24 bits per heavy atom. The maximum Gasteiger partial charge on any atom is 0.262 e. The van der Waals surface area contributed by atoms with Gasteiger partial charge in [0.05, 0.1) is 5.69 Å². The van der Waals surface area contributed by atoms with E-state index in [-0.39, 0.29) is 18.2 Å². The van der Waals surface area contributed by atoms with Gasteiger partial charge in [-0.15, -0.1) is 0 Å². The Kier molecular flexibility index (Phi) is 5.56. The first-order valence-corrected chi connectivity index (χ1v) is 9.89. The molecule has 1 aliphatic rings. The molecule has 1 heterocycles. The number of hydrogen-bond donors (Lipinski definition) is 1. The molecule has 1 unspecified atom stereocenters. The molecule has 0 bridgehead atoms. The number of alkyl halides is 1. The van der Waals surface area contributed by atoms with E-state index in [0.717, 1.165) is 0 Å². The fourth-order valence-electron chi connectivity index (χ4n) is 3.06. The molecule has 1 aromatic heterocycles. The summed E-state index contributed by atoms with van der Waals surface area (Å²) in [6.07, 6.45) is 4.31. The molecule has 7 heteroatoms. The number of carbonyl (C=O) groups is 1. The molecule has 1 aromatic carbocycles. The van der Waals surface area contributed by atoms with Gasteiger partial charge in [-0.25, -0.2) is 4.39 Å². The SMILES string of the molecule is CSC1CC[C@@](F)(C(=O)NCc2ccc(Cl)cc2Cl)c2cccnc21. The van der Waals surface area contributed by atoms with Gasteiger partial charge in [0.25, 0.3) is 5.91 Å². The number of thioether (sulfide) groups is 1. The zero-order valence-corrected chi connectivity index (χ0v) is 15.9. The molecule has 1 N–H and O–H groups in total. The predicted octanol–water partition coefficient (Wildman–Crippen LogP) is 5.07. The summed E-state index contributed by atoms with van der Waals surface area (Å²) in [5, 5.41) is 3.73. The summed E-state index contributed by atoms with van der Waals surface area (Å²) in [6.45, 7) is 0.141. The quantitative estimate of drug-likeness (QED) is 0.781. The van der Waals surface area contributed by atoms with Crippen LogP contribution in [0.5, 0.6) is 0 Å². The summed E-state index contributed by atoms with van der Waals surface area (Å²) in [5.41, 5.74) is -0.370. The van der Waals surface area contributed by atoms with Gasteiger partial charge in [0.1, 0.15) is 0 Å². The van der Waals surface area contributed by atoms with Crippen LogP contribution in [0.4, 0.5) is 4.39 Å². The Morgan fingerprint density at radius 1 is 1.44 bits per heavy atom. The largest absolute Gasteiger partial charge is 0.349 e. The van der Waals surface area contributed by atoms with Gasteiger partial charge in [-0.05, 0) is 42.9 Å². The van der Waals surface area contributed by atoms with Crippen LogP contribution >= 0.6 is 35.0 Å². The monoisotopic (exact) mass is 398 g/mol. The van der Waals surface area contributed by atoms with Crippen LogP contribution in [0.3, 0.4) is 0 Å². The van der Waals surface area contributed by atoms with Crippen LogP contribution < -0.4 is 5.32 Å². The molecule has 2 aromatic rings. The normalized spacial score (nSPS) is 22.3. The van der Waals surface area contributed by atoms with E-state index in [9.17, 15) is 4.79 Å². The summed E-state index contributed by atoms with van der Waals surface area (Å²) in [6, 6.07) is 8.32. The van der Waals surface area contributed by atoms with Gasteiger partial charge in [-0.3, -0.25) is 9.78 Å². The zero-order chi connectivity index (χ0) is 18.0. The van der Waals surface area contributed by atoms with Crippen LogP contribution in [0.25, 0.3) is 0 Å². The molecule has 1 amide bonds. The van der Waals surface area contributed by atoms with Gasteiger partial charge < -0.3 is 5.32 Å². The summed E-state index contributed by atoms with van der Waals surface area (Å²) >= 11 is 13.6. The van der Waals surface area contributed by atoms with Crippen LogP contribution in [0, 0.1) is 0 Å². The predicted molar refractivity (Wildman–Crippen MR) is 101 cm³/mol. The Labute approximate surface area is 160 Å². The lowest BCUT2D eigenvalue weighted by Crippen LogP contribution is -2.43. The fraction of sp³-hybridized carbons (Fsp3) is 0.333. The molecule has 3 nitrogen and oxygen atoms in total. The van der Waals surface area contributed by atoms with Crippen molar-refractivity contribution in [2.45, 2.75) is 30.3 Å². The van der Waals surface area contributed by atoms with E-state index in [4.69, 9.17) is 23.2 Å². The highest BCUT2D eigenvalue weighted by Gasteiger charge is 2.46. The first-order valence-electron chi connectivity index (χ1n) is 7.85. The first-order chi connectivity index (χ1) is 12.0. The van der Waals surface area contributed by atoms with Crippen molar-refractivity contribution in [2.75, 3.05) is 6.26 Å². The van der Waals surface area contributed by atoms with E-state index in [1.54, 1.807) is 48.3 Å². The van der Waals surface area contributed by atoms with Crippen molar-refractivity contribution < 1.29 is 9.18 Å². The second kappa shape index (κ2) is 7.52. The molecule has 0 saturated carbocycles. The van der Waals surface area contributed by atoms with E-state index >= 15 is 4.39 Å². The summed E-state index contributed by atoms with van der Waals surface area (Å²) < 4.78 is 15.6. The molecule has 0 spiro atoms. The summed E-state index contributed by atoms with van der Waals surface area (Å²) in [5.74, 6) is -0.660. The lowest BCUT2D eigenvalue weighted by Gasteiger charge is -2.33. The molecular weight excluding hydrogens is 382 g/mol. The maximum atomic E-state index is 15.6.